The minimum Gasteiger partial charge on any atom is -0.480 e. The van der Waals surface area contributed by atoms with E-state index in [4.69, 9.17) is 28.0 Å². The lowest BCUT2D eigenvalue weighted by Crippen LogP contribution is -2.58. The summed E-state index contributed by atoms with van der Waals surface area (Å²) in [6.45, 7) is 0.360. The number of rotatable bonds is 18. The van der Waals surface area contributed by atoms with E-state index in [-0.39, 0.29) is 6.42 Å². The number of carboxylic acids is 1. The van der Waals surface area contributed by atoms with Crippen molar-refractivity contribution in [3.63, 3.8) is 0 Å². The van der Waals surface area contributed by atoms with Gasteiger partial charge in [-0.2, -0.15) is 11.8 Å². The molecule has 4 unspecified atom stereocenters. The zero-order chi connectivity index (χ0) is 26.3. The maximum atomic E-state index is 12.9. The number of nitrogens with two attached hydrogens (primary N) is 4. The maximum Gasteiger partial charge on any atom is 0.326 e. The van der Waals surface area contributed by atoms with E-state index in [9.17, 15) is 28.8 Å². The second-order valence-corrected chi connectivity index (χ2v) is 8.52. The second kappa shape index (κ2) is 16.7. The van der Waals surface area contributed by atoms with Gasteiger partial charge in [0.15, 0.2) is 0 Å². The normalized spacial score (nSPS) is 14.2. The van der Waals surface area contributed by atoms with E-state index in [1.54, 1.807) is 0 Å². The van der Waals surface area contributed by atoms with Crippen molar-refractivity contribution in [1.82, 2.24) is 16.0 Å². The Balaban J connectivity index is 5.50. The van der Waals surface area contributed by atoms with Gasteiger partial charge in [0, 0.05) is 0 Å². The van der Waals surface area contributed by atoms with E-state index in [2.05, 4.69) is 10.6 Å². The smallest absolute Gasteiger partial charge is 0.326 e. The highest BCUT2D eigenvalue weighted by molar-refractivity contribution is 7.98. The van der Waals surface area contributed by atoms with E-state index in [0.717, 1.165) is 0 Å². The van der Waals surface area contributed by atoms with Crippen LogP contribution in [0.25, 0.3) is 0 Å². The van der Waals surface area contributed by atoms with Crippen molar-refractivity contribution in [2.75, 3.05) is 18.6 Å². The molecule has 0 heterocycles. The first kappa shape index (κ1) is 31.1. The van der Waals surface area contributed by atoms with Crippen LogP contribution in [0.5, 0.6) is 0 Å². The molecule has 0 aliphatic rings. The Bertz CT molecular complexity index is 738. The molecule has 0 saturated carbocycles. The van der Waals surface area contributed by atoms with Gasteiger partial charge in [0.1, 0.15) is 18.1 Å². The van der Waals surface area contributed by atoms with Crippen molar-refractivity contribution >= 4 is 47.3 Å². The molecule has 0 radical (unpaired) electrons. The summed E-state index contributed by atoms with van der Waals surface area (Å²) in [5, 5.41) is 16.1. The summed E-state index contributed by atoms with van der Waals surface area (Å²) in [6, 6.07) is -5.18. The third-order valence-electron chi connectivity index (χ3n) is 4.61. The predicted octanol–water partition coefficient (Wildman–Crippen LogP) is -3.51. The fourth-order valence-corrected chi connectivity index (χ4v) is 3.26. The molecule has 12 N–H and O–H groups in total. The monoisotopic (exact) mass is 505 g/mol. The predicted molar refractivity (Wildman–Crippen MR) is 125 cm³/mol. The van der Waals surface area contributed by atoms with Crippen molar-refractivity contribution in [3.8, 4) is 0 Å². The topological polar surface area (TPSA) is 263 Å². The first-order chi connectivity index (χ1) is 15.9. The molecule has 34 heavy (non-hydrogen) atoms. The minimum absolute atomic E-state index is 0.175. The molecule has 0 aromatic heterocycles. The zero-order valence-corrected chi connectivity index (χ0v) is 19.9. The van der Waals surface area contributed by atoms with Crippen LogP contribution in [0.4, 0.5) is 0 Å². The Morgan fingerprint density at radius 3 is 1.79 bits per heavy atom. The Morgan fingerprint density at radius 1 is 0.794 bits per heavy atom. The van der Waals surface area contributed by atoms with Crippen LogP contribution < -0.4 is 38.9 Å². The number of carbonyl (C=O) groups excluding carboxylic acids is 5. The Morgan fingerprint density at radius 2 is 1.29 bits per heavy atom. The molecule has 0 aliphatic carbocycles. The van der Waals surface area contributed by atoms with Crippen LogP contribution in [0, 0.1) is 0 Å². The van der Waals surface area contributed by atoms with E-state index < -0.39 is 72.5 Å². The molecule has 5 amide bonds. The van der Waals surface area contributed by atoms with Gasteiger partial charge < -0.3 is 44.0 Å². The molecule has 0 fully saturated rings. The van der Waals surface area contributed by atoms with Crippen LogP contribution in [-0.4, -0.2) is 83.3 Å². The number of carboxylic acid groups (broad SMARTS) is 1. The number of carbonyl (C=O) groups is 6. The standard InChI is InChI=1S/C19H35N7O7S/c1-34-7-5-10(21)16(29)24-11(4-2-3-6-20)17(30)25-12(8-14(22)27)18(31)26-13(19(32)33)9-15(23)28/h10-13H,2-9,20-21H2,1H3,(H2,22,27)(H2,23,28)(H,24,29)(H,25,30)(H,26,31)(H,32,33). The van der Waals surface area contributed by atoms with Gasteiger partial charge in [0.2, 0.25) is 29.5 Å². The summed E-state index contributed by atoms with van der Waals surface area (Å²) in [5.74, 6) is -5.27. The van der Waals surface area contributed by atoms with Gasteiger partial charge in [-0.25, -0.2) is 4.79 Å². The average molecular weight is 506 g/mol. The second-order valence-electron chi connectivity index (χ2n) is 7.54. The fraction of sp³-hybridized carbons (Fsp3) is 0.684. The van der Waals surface area contributed by atoms with E-state index in [1.807, 2.05) is 11.6 Å². The molecular weight excluding hydrogens is 470 g/mol. The van der Waals surface area contributed by atoms with E-state index in [1.165, 1.54) is 11.8 Å². The molecule has 0 aromatic carbocycles. The highest BCUT2D eigenvalue weighted by atomic mass is 32.2. The Labute approximate surface area is 201 Å². The van der Waals surface area contributed by atoms with Gasteiger partial charge in [0.05, 0.1) is 18.9 Å². The summed E-state index contributed by atoms with van der Waals surface area (Å²) in [6.07, 6.45) is 2.09. The first-order valence-electron chi connectivity index (χ1n) is 10.6. The lowest BCUT2D eigenvalue weighted by Gasteiger charge is -2.24. The van der Waals surface area contributed by atoms with Gasteiger partial charge in [-0.15, -0.1) is 0 Å². The maximum absolute atomic E-state index is 12.9. The molecule has 15 heteroatoms. The number of thioether (sulfide) groups is 1. The van der Waals surface area contributed by atoms with Gasteiger partial charge in [-0.05, 0) is 44.2 Å². The first-order valence-corrected chi connectivity index (χ1v) is 12.0. The number of amides is 5. The third kappa shape index (κ3) is 13.0. The van der Waals surface area contributed by atoms with E-state index in [0.29, 0.717) is 31.6 Å². The summed E-state index contributed by atoms with van der Waals surface area (Å²) >= 11 is 1.50. The van der Waals surface area contributed by atoms with Crippen molar-refractivity contribution in [3.05, 3.63) is 0 Å². The molecule has 0 aromatic rings. The lowest BCUT2D eigenvalue weighted by atomic mass is 10.1. The van der Waals surface area contributed by atoms with Crippen LogP contribution in [0.1, 0.15) is 38.5 Å². The van der Waals surface area contributed by atoms with Gasteiger partial charge in [-0.3, -0.25) is 24.0 Å². The highest BCUT2D eigenvalue weighted by Gasteiger charge is 2.31. The quantitative estimate of drug-likeness (QED) is 0.0851. The van der Waals surface area contributed by atoms with Crippen LogP contribution in [0.3, 0.4) is 0 Å². The average Bonchev–Trinajstić information content (AvgIpc) is 2.74. The number of nitrogens with one attached hydrogen (secondary N) is 3. The molecule has 0 rings (SSSR count). The van der Waals surface area contributed by atoms with Gasteiger partial charge in [-0.1, -0.05) is 0 Å². The molecule has 0 bridgehead atoms. The van der Waals surface area contributed by atoms with E-state index >= 15 is 0 Å². The highest BCUT2D eigenvalue weighted by Crippen LogP contribution is 2.06. The Hall–Kier alpha value is -2.91. The minimum atomic E-state index is -1.67. The van der Waals surface area contributed by atoms with Gasteiger partial charge in [0.25, 0.3) is 0 Å². The zero-order valence-electron chi connectivity index (χ0n) is 19.1. The molecule has 14 nitrogen and oxygen atoms in total. The molecule has 0 aliphatic heterocycles. The van der Waals surface area contributed by atoms with Crippen LogP contribution in [0.15, 0.2) is 0 Å². The molecule has 4 atom stereocenters. The van der Waals surface area contributed by atoms with Crippen molar-refractivity contribution < 1.29 is 33.9 Å². The number of aliphatic carboxylic acids is 1. The van der Waals surface area contributed by atoms with Crippen LogP contribution in [-0.2, 0) is 28.8 Å². The largest absolute Gasteiger partial charge is 0.480 e. The van der Waals surface area contributed by atoms with Crippen molar-refractivity contribution in [2.45, 2.75) is 62.7 Å². The molecule has 194 valence electrons. The molecule has 0 spiro atoms. The third-order valence-corrected chi connectivity index (χ3v) is 5.25. The number of hydrogen-bond donors (Lipinski definition) is 8. The SMILES string of the molecule is CSCCC(N)C(=O)NC(CCCCN)C(=O)NC(CC(N)=O)C(=O)NC(CC(N)=O)C(=O)O. The van der Waals surface area contributed by atoms with Gasteiger partial charge >= 0.3 is 5.97 Å². The summed E-state index contributed by atoms with van der Waals surface area (Å²) < 4.78 is 0. The number of unbranched alkanes of at least 4 members (excludes halogenated alkanes) is 1. The summed E-state index contributed by atoms with van der Waals surface area (Å²) in [5.41, 5.74) is 21.5. The van der Waals surface area contributed by atoms with Crippen molar-refractivity contribution in [2.24, 2.45) is 22.9 Å². The van der Waals surface area contributed by atoms with Crippen LogP contribution >= 0.6 is 11.8 Å². The summed E-state index contributed by atoms with van der Waals surface area (Å²) in [4.78, 5) is 71.6. The molecular formula is C19H35N7O7S. The fourth-order valence-electron chi connectivity index (χ4n) is 2.77. The van der Waals surface area contributed by atoms with Crippen LogP contribution in [0.2, 0.25) is 0 Å². The number of hydrogen-bond acceptors (Lipinski definition) is 9. The molecule has 0 saturated heterocycles. The lowest BCUT2D eigenvalue weighted by molar-refractivity contribution is -0.144. The summed E-state index contributed by atoms with van der Waals surface area (Å²) in [7, 11) is 0. The van der Waals surface area contributed by atoms with Crippen molar-refractivity contribution in [1.29, 1.82) is 0 Å². The number of primary amides is 2. The Kier molecular flexibility index (Phi) is 15.2.